The van der Waals surface area contributed by atoms with Crippen molar-refractivity contribution in [1.29, 1.82) is 0 Å². The minimum absolute atomic E-state index is 0.00884. The Bertz CT molecular complexity index is 534. The number of phenols is 1. The normalized spacial score (nSPS) is 15.9. The molecule has 1 saturated heterocycles. The molecule has 1 aromatic carbocycles. The first-order valence-corrected chi connectivity index (χ1v) is 7.89. The molecule has 0 atom stereocenters. The van der Waals surface area contributed by atoms with Gasteiger partial charge in [-0.05, 0) is 57.3 Å². The highest BCUT2D eigenvalue weighted by Gasteiger charge is 2.23. The van der Waals surface area contributed by atoms with Crippen molar-refractivity contribution in [3.8, 4) is 5.75 Å². The fourth-order valence-corrected chi connectivity index (χ4v) is 3.71. The molecule has 0 saturated carbocycles. The van der Waals surface area contributed by atoms with Gasteiger partial charge < -0.3 is 15.3 Å². The van der Waals surface area contributed by atoms with E-state index in [1.54, 1.807) is 17.0 Å². The van der Waals surface area contributed by atoms with Crippen LogP contribution in [-0.2, 0) is 4.79 Å². The van der Waals surface area contributed by atoms with Crippen LogP contribution in [-0.4, -0.2) is 41.5 Å². The van der Waals surface area contributed by atoms with Gasteiger partial charge in [-0.25, -0.2) is 0 Å². The molecule has 5 nitrogen and oxygen atoms in total. The zero-order valence-corrected chi connectivity index (χ0v) is 14.3. The second-order valence-electron chi connectivity index (χ2n) is 4.18. The van der Waals surface area contributed by atoms with Crippen LogP contribution in [0.15, 0.2) is 12.1 Å². The number of aromatic hydroxyl groups is 1. The number of phenolic OH excluding ortho intramolecular Hbond substituents is 1. The van der Waals surface area contributed by atoms with Crippen LogP contribution in [0.3, 0.4) is 0 Å². The summed E-state index contributed by atoms with van der Waals surface area (Å²) in [5.41, 5.74) is 0.297. The first-order chi connectivity index (χ1) is 8.99. The smallest absolute Gasteiger partial charge is 0.257 e. The summed E-state index contributed by atoms with van der Waals surface area (Å²) in [4.78, 5) is 25.3. The minimum atomic E-state index is -0.231. The molecule has 0 unspecified atom stereocenters. The molecule has 102 valence electrons. The summed E-state index contributed by atoms with van der Waals surface area (Å²) in [5.74, 6) is -0.267. The van der Waals surface area contributed by atoms with Crippen LogP contribution < -0.4 is 5.32 Å². The highest BCUT2D eigenvalue weighted by molar-refractivity contribution is 14.1. The van der Waals surface area contributed by atoms with Gasteiger partial charge in [0, 0.05) is 29.6 Å². The van der Waals surface area contributed by atoms with Gasteiger partial charge in [0.15, 0.2) is 0 Å². The van der Waals surface area contributed by atoms with Crippen molar-refractivity contribution >= 4 is 57.0 Å². The van der Waals surface area contributed by atoms with Gasteiger partial charge in [0.05, 0.1) is 9.13 Å². The SMILES string of the molecule is O=C1CCN(C(=O)c2cc(I)cc(I)c2O)CCN1. The molecular formula is C12H12I2N2O3. The van der Waals surface area contributed by atoms with Crippen LogP contribution in [0.5, 0.6) is 5.75 Å². The number of hydrogen-bond donors (Lipinski definition) is 2. The number of carbonyl (C=O) groups excluding carboxylic acids is 2. The molecule has 1 aromatic rings. The lowest BCUT2D eigenvalue weighted by Crippen LogP contribution is -2.34. The lowest BCUT2D eigenvalue weighted by molar-refractivity contribution is -0.120. The Labute approximate surface area is 138 Å². The van der Waals surface area contributed by atoms with Crippen molar-refractivity contribution < 1.29 is 14.7 Å². The number of benzene rings is 1. The van der Waals surface area contributed by atoms with Gasteiger partial charge in [-0.1, -0.05) is 0 Å². The van der Waals surface area contributed by atoms with E-state index in [1.807, 2.05) is 22.6 Å². The van der Waals surface area contributed by atoms with Gasteiger partial charge in [0.1, 0.15) is 5.75 Å². The number of rotatable bonds is 1. The molecular weight excluding hydrogens is 474 g/mol. The lowest BCUT2D eigenvalue weighted by atomic mass is 10.1. The standard InChI is InChI=1S/C12H12I2N2O3/c13-7-5-8(11(18)9(14)6-7)12(19)16-3-1-10(17)15-2-4-16/h5-6,18H,1-4H2,(H,15,17). The van der Waals surface area contributed by atoms with E-state index < -0.39 is 0 Å². The summed E-state index contributed by atoms with van der Waals surface area (Å²) in [6.07, 6.45) is 0.299. The van der Waals surface area contributed by atoms with E-state index >= 15 is 0 Å². The zero-order chi connectivity index (χ0) is 14.0. The lowest BCUT2D eigenvalue weighted by Gasteiger charge is -2.20. The van der Waals surface area contributed by atoms with Gasteiger partial charge in [-0.15, -0.1) is 0 Å². The van der Waals surface area contributed by atoms with Crippen LogP contribution in [0.2, 0.25) is 0 Å². The predicted molar refractivity (Wildman–Crippen MR) is 87.1 cm³/mol. The summed E-state index contributed by atoms with van der Waals surface area (Å²) in [7, 11) is 0. The van der Waals surface area contributed by atoms with Gasteiger partial charge in [0.25, 0.3) is 5.91 Å². The van der Waals surface area contributed by atoms with Crippen LogP contribution in [0.25, 0.3) is 0 Å². The van der Waals surface area contributed by atoms with Gasteiger partial charge in [0.2, 0.25) is 5.91 Å². The first-order valence-electron chi connectivity index (χ1n) is 5.73. The average Bonchev–Trinajstić information content (AvgIpc) is 2.58. The van der Waals surface area contributed by atoms with Crippen LogP contribution >= 0.6 is 45.2 Å². The van der Waals surface area contributed by atoms with Gasteiger partial charge in [-0.3, -0.25) is 9.59 Å². The number of nitrogens with one attached hydrogen (secondary N) is 1. The first kappa shape index (κ1) is 14.8. The van der Waals surface area contributed by atoms with Gasteiger partial charge in [-0.2, -0.15) is 0 Å². The van der Waals surface area contributed by atoms with E-state index in [1.165, 1.54) is 0 Å². The molecule has 1 fully saturated rings. The van der Waals surface area contributed by atoms with Crippen molar-refractivity contribution in [3.05, 3.63) is 24.8 Å². The Morgan fingerprint density at radius 1 is 1.32 bits per heavy atom. The number of hydrogen-bond acceptors (Lipinski definition) is 3. The summed E-state index contributed by atoms with van der Waals surface area (Å²) in [5, 5.41) is 12.7. The molecule has 19 heavy (non-hydrogen) atoms. The summed E-state index contributed by atoms with van der Waals surface area (Å²) >= 11 is 4.11. The molecule has 0 bridgehead atoms. The average molecular weight is 486 g/mol. The maximum atomic E-state index is 12.4. The third-order valence-corrected chi connectivity index (χ3v) is 4.30. The molecule has 7 heteroatoms. The molecule has 2 rings (SSSR count). The number of halogens is 2. The van der Waals surface area contributed by atoms with E-state index in [-0.39, 0.29) is 17.6 Å². The van der Waals surface area contributed by atoms with E-state index in [9.17, 15) is 14.7 Å². The van der Waals surface area contributed by atoms with E-state index in [0.717, 1.165) is 3.57 Å². The summed E-state index contributed by atoms with van der Waals surface area (Å²) in [6, 6.07) is 3.47. The maximum absolute atomic E-state index is 12.4. The quantitative estimate of drug-likeness (QED) is 0.593. The molecule has 0 aliphatic carbocycles. The Morgan fingerprint density at radius 3 is 2.79 bits per heavy atom. The number of carbonyl (C=O) groups is 2. The Balaban J connectivity index is 2.26. The largest absolute Gasteiger partial charge is 0.506 e. The second kappa shape index (κ2) is 6.25. The van der Waals surface area contributed by atoms with E-state index in [0.29, 0.717) is 35.2 Å². The van der Waals surface area contributed by atoms with Crippen molar-refractivity contribution in [2.75, 3.05) is 19.6 Å². The summed E-state index contributed by atoms with van der Waals surface area (Å²) < 4.78 is 1.55. The third kappa shape index (κ3) is 3.50. The molecule has 2 N–H and O–H groups in total. The highest BCUT2D eigenvalue weighted by atomic mass is 127. The topological polar surface area (TPSA) is 69.6 Å². The Hall–Kier alpha value is -0.580. The third-order valence-electron chi connectivity index (χ3n) is 2.86. The maximum Gasteiger partial charge on any atom is 0.257 e. The van der Waals surface area contributed by atoms with Crippen LogP contribution in [0.1, 0.15) is 16.8 Å². The van der Waals surface area contributed by atoms with Crippen LogP contribution in [0.4, 0.5) is 0 Å². The molecule has 1 aliphatic heterocycles. The fraction of sp³-hybridized carbons (Fsp3) is 0.333. The minimum Gasteiger partial charge on any atom is -0.506 e. The van der Waals surface area contributed by atoms with Crippen molar-refractivity contribution in [3.63, 3.8) is 0 Å². The predicted octanol–water partition coefficient (Wildman–Crippen LogP) is 1.56. The van der Waals surface area contributed by atoms with E-state index in [4.69, 9.17) is 0 Å². The second-order valence-corrected chi connectivity index (χ2v) is 6.58. The molecule has 1 heterocycles. The zero-order valence-electron chi connectivity index (χ0n) is 9.95. The molecule has 0 radical (unpaired) electrons. The highest BCUT2D eigenvalue weighted by Crippen LogP contribution is 2.28. The monoisotopic (exact) mass is 486 g/mol. The molecule has 1 aliphatic rings. The van der Waals surface area contributed by atoms with Crippen molar-refractivity contribution in [1.82, 2.24) is 10.2 Å². The fourth-order valence-electron chi connectivity index (χ4n) is 1.87. The Kier molecular flexibility index (Phi) is 4.87. The van der Waals surface area contributed by atoms with E-state index in [2.05, 4.69) is 27.9 Å². The molecule has 0 aromatic heterocycles. The summed E-state index contributed by atoms with van der Waals surface area (Å²) in [6.45, 7) is 1.30. The van der Waals surface area contributed by atoms with Crippen LogP contribution in [0, 0.1) is 7.14 Å². The number of amides is 2. The number of nitrogens with zero attached hydrogens (tertiary/aromatic N) is 1. The molecule has 2 amide bonds. The van der Waals surface area contributed by atoms with Crippen molar-refractivity contribution in [2.24, 2.45) is 0 Å². The van der Waals surface area contributed by atoms with Crippen molar-refractivity contribution in [2.45, 2.75) is 6.42 Å². The molecule has 0 spiro atoms. The van der Waals surface area contributed by atoms with Gasteiger partial charge >= 0.3 is 0 Å². The Morgan fingerprint density at radius 2 is 2.05 bits per heavy atom.